The van der Waals surface area contributed by atoms with Crippen molar-refractivity contribution in [3.63, 3.8) is 0 Å². The van der Waals surface area contributed by atoms with Crippen LogP contribution in [0.15, 0.2) is 29.7 Å². The number of aromatic nitrogens is 4. The predicted molar refractivity (Wildman–Crippen MR) is 89.1 cm³/mol. The van der Waals surface area contributed by atoms with Gasteiger partial charge in [0.1, 0.15) is 0 Å². The normalized spacial score (nSPS) is 16.0. The van der Waals surface area contributed by atoms with Gasteiger partial charge in [0.25, 0.3) is 0 Å². The second-order valence-electron chi connectivity index (χ2n) is 5.70. The summed E-state index contributed by atoms with van der Waals surface area (Å²) in [5.41, 5.74) is 1.03. The van der Waals surface area contributed by atoms with Gasteiger partial charge in [0, 0.05) is 24.5 Å². The Bertz CT molecular complexity index is 577. The summed E-state index contributed by atoms with van der Waals surface area (Å²) in [4.78, 5) is 5.92. The van der Waals surface area contributed by atoms with Gasteiger partial charge in [-0.15, -0.1) is 10.2 Å². The highest BCUT2D eigenvalue weighted by Crippen LogP contribution is 2.22. The molecule has 1 aliphatic rings. The zero-order valence-corrected chi connectivity index (χ0v) is 14.0. The monoisotopic (exact) mass is 318 g/mol. The molecule has 3 rings (SSSR count). The quantitative estimate of drug-likeness (QED) is 0.821. The van der Waals surface area contributed by atoms with Crippen molar-refractivity contribution >= 4 is 11.8 Å². The minimum absolute atomic E-state index is 0.885. The van der Waals surface area contributed by atoms with E-state index in [0.29, 0.717) is 0 Å². The molecule has 0 amide bonds. The van der Waals surface area contributed by atoms with E-state index in [-0.39, 0.29) is 0 Å². The molecule has 3 heterocycles. The minimum Gasteiger partial charge on any atom is -0.334 e. The fraction of sp³-hybridized carbons (Fsp3) is 0.562. The molecule has 0 saturated carbocycles. The fourth-order valence-electron chi connectivity index (χ4n) is 2.98. The molecule has 2 aromatic heterocycles. The van der Waals surface area contributed by atoms with Gasteiger partial charge in [-0.2, -0.15) is 0 Å². The van der Waals surface area contributed by atoms with Crippen LogP contribution >= 0.6 is 11.8 Å². The summed E-state index contributed by atoms with van der Waals surface area (Å²) in [6, 6.07) is 3.98. The Hall–Kier alpha value is -1.40. The summed E-state index contributed by atoms with van der Waals surface area (Å²) >= 11 is 1.83. The molecule has 0 bridgehead atoms. The molecule has 1 aliphatic heterocycles. The largest absolute Gasteiger partial charge is 0.334 e. The molecule has 118 valence electrons. The van der Waals surface area contributed by atoms with Gasteiger partial charge >= 0.3 is 0 Å². The van der Waals surface area contributed by atoms with E-state index in [1.54, 1.807) is 11.1 Å². The number of piperidine rings is 1. The van der Waals surface area contributed by atoms with Crippen LogP contribution in [0.5, 0.6) is 0 Å². The number of thioether (sulfide) groups is 1. The van der Waals surface area contributed by atoms with Crippen molar-refractivity contribution in [1.82, 2.24) is 19.7 Å². The van der Waals surface area contributed by atoms with Crippen LogP contribution in [0.2, 0.25) is 0 Å². The zero-order valence-electron chi connectivity index (χ0n) is 13.2. The van der Waals surface area contributed by atoms with Crippen molar-refractivity contribution in [2.24, 2.45) is 0 Å². The first kappa shape index (κ1) is 15.5. The van der Waals surface area contributed by atoms with Crippen LogP contribution in [-0.2, 0) is 6.54 Å². The Balaban J connectivity index is 1.63. The summed E-state index contributed by atoms with van der Waals surface area (Å²) in [5.74, 6) is 2.03. The second-order valence-corrected chi connectivity index (χ2v) is 6.76. The molecule has 0 spiro atoms. The lowest BCUT2D eigenvalue weighted by Crippen LogP contribution is -3.13. The summed E-state index contributed by atoms with van der Waals surface area (Å²) in [7, 11) is 0. The van der Waals surface area contributed by atoms with Gasteiger partial charge < -0.3 is 9.47 Å². The third-order valence-corrected chi connectivity index (χ3v) is 5.17. The average molecular weight is 318 g/mol. The predicted octanol–water partition coefficient (Wildman–Crippen LogP) is 1.52. The Morgan fingerprint density at radius 1 is 1.23 bits per heavy atom. The molecule has 6 heteroatoms. The molecule has 0 radical (unpaired) electrons. The first-order valence-electron chi connectivity index (χ1n) is 8.18. The number of quaternary nitrogens is 1. The van der Waals surface area contributed by atoms with Crippen LogP contribution in [0.1, 0.15) is 26.2 Å². The van der Waals surface area contributed by atoms with Gasteiger partial charge in [-0.3, -0.25) is 4.98 Å². The number of hydrogen-bond donors (Lipinski definition) is 1. The Kier molecular flexibility index (Phi) is 5.45. The van der Waals surface area contributed by atoms with Crippen LogP contribution < -0.4 is 4.90 Å². The first-order valence-corrected chi connectivity index (χ1v) is 9.17. The van der Waals surface area contributed by atoms with Crippen molar-refractivity contribution in [2.45, 2.75) is 37.9 Å². The van der Waals surface area contributed by atoms with E-state index in [1.807, 2.05) is 30.1 Å². The van der Waals surface area contributed by atoms with Gasteiger partial charge in [-0.05, 0) is 38.3 Å². The average Bonchev–Trinajstić information content (AvgIpc) is 2.99. The minimum atomic E-state index is 0.885. The lowest BCUT2D eigenvalue weighted by atomic mass is 10.1. The molecule has 0 atom stereocenters. The number of hydrogen-bond acceptors (Lipinski definition) is 4. The number of nitrogens with zero attached hydrogens (tertiary/aromatic N) is 4. The third-order valence-electron chi connectivity index (χ3n) is 4.20. The maximum absolute atomic E-state index is 4.38. The summed E-state index contributed by atoms with van der Waals surface area (Å²) in [6.45, 7) is 6.92. The van der Waals surface area contributed by atoms with Gasteiger partial charge in [0.2, 0.25) is 0 Å². The molecule has 0 aromatic carbocycles. The molecule has 1 fully saturated rings. The maximum atomic E-state index is 4.38. The first-order chi connectivity index (χ1) is 10.9. The lowest BCUT2D eigenvalue weighted by molar-refractivity contribution is -0.902. The zero-order chi connectivity index (χ0) is 15.2. The van der Waals surface area contributed by atoms with Crippen molar-refractivity contribution in [2.75, 3.05) is 25.4 Å². The van der Waals surface area contributed by atoms with Crippen LogP contribution in [0.3, 0.4) is 0 Å². The molecule has 0 aliphatic carbocycles. The van der Waals surface area contributed by atoms with E-state index in [1.165, 1.54) is 38.9 Å². The van der Waals surface area contributed by atoms with Crippen LogP contribution in [-0.4, -0.2) is 45.1 Å². The number of pyridine rings is 1. The van der Waals surface area contributed by atoms with Crippen molar-refractivity contribution in [3.05, 3.63) is 24.5 Å². The molecule has 5 nitrogen and oxygen atoms in total. The molecular weight excluding hydrogens is 294 g/mol. The van der Waals surface area contributed by atoms with Crippen LogP contribution in [0.25, 0.3) is 11.4 Å². The maximum Gasteiger partial charge on any atom is 0.191 e. The van der Waals surface area contributed by atoms with Gasteiger partial charge in [-0.25, -0.2) is 0 Å². The van der Waals surface area contributed by atoms with E-state index in [0.717, 1.165) is 28.8 Å². The Morgan fingerprint density at radius 2 is 2.09 bits per heavy atom. The molecule has 22 heavy (non-hydrogen) atoms. The SMILES string of the molecule is CCn1c(SCC[NH+]2CCCCC2)nnc1-c1cccnc1. The highest BCUT2D eigenvalue weighted by Gasteiger charge is 2.16. The number of nitrogens with one attached hydrogen (secondary N) is 1. The van der Waals surface area contributed by atoms with E-state index in [9.17, 15) is 0 Å². The molecule has 2 aromatic rings. The topological polar surface area (TPSA) is 48.0 Å². The number of likely N-dealkylation sites (tertiary alicyclic amines) is 1. The highest BCUT2D eigenvalue weighted by atomic mass is 32.2. The summed E-state index contributed by atoms with van der Waals surface area (Å²) in [6.07, 6.45) is 7.82. The van der Waals surface area contributed by atoms with E-state index in [2.05, 4.69) is 26.7 Å². The van der Waals surface area contributed by atoms with Crippen molar-refractivity contribution in [1.29, 1.82) is 0 Å². The van der Waals surface area contributed by atoms with E-state index in [4.69, 9.17) is 0 Å². The molecular formula is C16H24N5S+. The highest BCUT2D eigenvalue weighted by molar-refractivity contribution is 7.99. The lowest BCUT2D eigenvalue weighted by Gasteiger charge is -2.23. The van der Waals surface area contributed by atoms with Crippen LogP contribution in [0.4, 0.5) is 0 Å². The molecule has 1 N–H and O–H groups in total. The molecule has 1 saturated heterocycles. The van der Waals surface area contributed by atoms with Gasteiger partial charge in [0.15, 0.2) is 11.0 Å². The van der Waals surface area contributed by atoms with E-state index >= 15 is 0 Å². The standard InChI is InChI=1S/C16H23N5S/c1-2-21-15(14-7-6-8-17-13-14)18-19-16(21)22-12-11-20-9-4-3-5-10-20/h6-8,13H,2-5,9-12H2,1H3/p+1. The third kappa shape index (κ3) is 3.67. The van der Waals surface area contributed by atoms with Gasteiger partial charge in [-0.1, -0.05) is 11.8 Å². The Morgan fingerprint density at radius 3 is 2.82 bits per heavy atom. The smallest absolute Gasteiger partial charge is 0.191 e. The van der Waals surface area contributed by atoms with Crippen molar-refractivity contribution in [3.8, 4) is 11.4 Å². The number of rotatable bonds is 6. The van der Waals surface area contributed by atoms with Crippen LogP contribution in [0, 0.1) is 0 Å². The van der Waals surface area contributed by atoms with Gasteiger partial charge in [0.05, 0.1) is 25.4 Å². The summed E-state index contributed by atoms with van der Waals surface area (Å²) < 4.78 is 2.19. The molecule has 0 unspecified atom stereocenters. The Labute approximate surface area is 136 Å². The summed E-state index contributed by atoms with van der Waals surface area (Å²) in [5, 5.41) is 9.78. The fourth-order valence-corrected chi connectivity index (χ4v) is 4.02. The van der Waals surface area contributed by atoms with Crippen molar-refractivity contribution < 1.29 is 4.90 Å². The second kappa shape index (κ2) is 7.74. The van der Waals surface area contributed by atoms with E-state index < -0.39 is 0 Å².